The summed E-state index contributed by atoms with van der Waals surface area (Å²) >= 11 is 0. The molecule has 4 rings (SSSR count). The molecule has 0 amide bonds. The molecule has 0 spiro atoms. The third-order valence-electron chi connectivity index (χ3n) is 12.0. The summed E-state index contributed by atoms with van der Waals surface area (Å²) in [6.07, 6.45) is 34.0. The lowest BCUT2D eigenvalue weighted by molar-refractivity contribution is -0.0450. The minimum atomic E-state index is 0.560. The van der Waals surface area contributed by atoms with Crippen LogP contribution in [0.4, 0.5) is 0 Å². The smallest absolute Gasteiger partial charge is 0.00851 e. The summed E-state index contributed by atoms with van der Waals surface area (Å²) in [4.78, 5) is 0. The highest BCUT2D eigenvalue weighted by atomic mass is 14.6. The second-order valence-corrected chi connectivity index (χ2v) is 14.1. The van der Waals surface area contributed by atoms with Gasteiger partial charge in [-0.25, -0.2) is 0 Å². The Kier molecular flexibility index (Phi) is 9.71. The lowest BCUT2D eigenvalue weighted by Gasteiger charge is -2.58. The average Bonchev–Trinajstić information content (AvgIpc) is 3.16. The Labute approximate surface area is 214 Å². The maximum atomic E-state index is 2.76. The van der Waals surface area contributed by atoms with Crippen LogP contribution in [0.25, 0.3) is 0 Å². The predicted octanol–water partition coefficient (Wildman–Crippen LogP) is 11.3. The predicted molar refractivity (Wildman–Crippen MR) is 150 cm³/mol. The summed E-state index contributed by atoms with van der Waals surface area (Å²) in [5.74, 6) is 5.00. The van der Waals surface area contributed by atoms with Crippen molar-refractivity contribution in [2.45, 2.75) is 163 Å². The molecule has 0 aromatic carbocycles. The van der Waals surface area contributed by atoms with Crippen molar-refractivity contribution in [1.29, 1.82) is 0 Å². The van der Waals surface area contributed by atoms with Crippen molar-refractivity contribution < 1.29 is 0 Å². The van der Waals surface area contributed by atoms with Crippen molar-refractivity contribution in [3.8, 4) is 0 Å². The van der Waals surface area contributed by atoms with Crippen LogP contribution >= 0.6 is 0 Å². The molecular formula is C34H60. The van der Waals surface area contributed by atoms with E-state index >= 15 is 0 Å². The molecule has 7 atom stereocenters. The average molecular weight is 469 g/mol. The molecule has 4 aliphatic carbocycles. The molecule has 0 nitrogen and oxygen atoms in total. The van der Waals surface area contributed by atoms with E-state index in [9.17, 15) is 0 Å². The van der Waals surface area contributed by atoms with E-state index in [1.807, 2.05) is 5.57 Å². The Balaban J connectivity index is 1.16. The van der Waals surface area contributed by atoms with Crippen molar-refractivity contribution in [1.82, 2.24) is 0 Å². The van der Waals surface area contributed by atoms with E-state index in [-0.39, 0.29) is 0 Å². The summed E-state index contributed by atoms with van der Waals surface area (Å²) < 4.78 is 0. The monoisotopic (exact) mass is 468 g/mol. The fourth-order valence-electron chi connectivity index (χ4n) is 9.66. The van der Waals surface area contributed by atoms with Gasteiger partial charge in [0.2, 0.25) is 0 Å². The number of fused-ring (bicyclic) bond motifs is 5. The van der Waals surface area contributed by atoms with Gasteiger partial charge in [-0.3, -0.25) is 0 Å². The quantitative estimate of drug-likeness (QED) is 0.186. The third-order valence-corrected chi connectivity index (χ3v) is 12.0. The number of hydrogen-bond donors (Lipinski definition) is 0. The highest BCUT2D eigenvalue weighted by Crippen LogP contribution is 2.67. The van der Waals surface area contributed by atoms with Gasteiger partial charge in [0.15, 0.2) is 0 Å². The maximum absolute atomic E-state index is 2.76. The van der Waals surface area contributed by atoms with Crippen LogP contribution in [0, 0.1) is 40.4 Å². The van der Waals surface area contributed by atoms with Crippen LogP contribution < -0.4 is 0 Å². The number of allylic oxidation sites excluding steroid dienone is 2. The van der Waals surface area contributed by atoms with Crippen LogP contribution in [-0.4, -0.2) is 0 Å². The van der Waals surface area contributed by atoms with Crippen LogP contribution in [0.15, 0.2) is 11.6 Å². The normalized spacial score (nSPS) is 39.3. The molecule has 0 N–H and O–H groups in total. The van der Waals surface area contributed by atoms with Crippen LogP contribution in [0.3, 0.4) is 0 Å². The molecule has 0 aromatic rings. The molecule has 0 bridgehead atoms. The zero-order valence-corrected chi connectivity index (χ0v) is 23.8. The zero-order chi connectivity index (χ0) is 24.0. The molecule has 0 heterocycles. The molecule has 0 saturated heterocycles. The van der Waals surface area contributed by atoms with E-state index < -0.39 is 0 Å². The molecule has 3 unspecified atom stereocenters. The Hall–Kier alpha value is -0.260. The first-order chi connectivity index (χ1) is 16.5. The Morgan fingerprint density at radius 3 is 2.06 bits per heavy atom. The second-order valence-electron chi connectivity index (χ2n) is 14.1. The van der Waals surface area contributed by atoms with E-state index in [1.165, 1.54) is 116 Å². The minimum absolute atomic E-state index is 0.560. The number of rotatable bonds is 13. The SMILES string of the molecule is CCCCCCCCCCCCCC[C@H]1CC[C@H]2C3CC=C4CC(C)CC[C@]4(C)[C@H]3CCC12C. The lowest BCUT2D eigenvalue weighted by Crippen LogP contribution is -2.49. The number of hydrogen-bond acceptors (Lipinski definition) is 0. The van der Waals surface area contributed by atoms with E-state index in [0.29, 0.717) is 10.8 Å². The van der Waals surface area contributed by atoms with Gasteiger partial charge < -0.3 is 0 Å². The molecule has 196 valence electrons. The minimum Gasteiger partial charge on any atom is -0.0845 e. The Morgan fingerprint density at radius 2 is 1.38 bits per heavy atom. The van der Waals surface area contributed by atoms with Crippen molar-refractivity contribution in [2.24, 2.45) is 40.4 Å². The summed E-state index contributed by atoms with van der Waals surface area (Å²) in [7, 11) is 0. The van der Waals surface area contributed by atoms with Crippen LogP contribution in [0.1, 0.15) is 163 Å². The maximum Gasteiger partial charge on any atom is -0.00851 e. The van der Waals surface area contributed by atoms with Gasteiger partial charge in [0.05, 0.1) is 0 Å². The van der Waals surface area contributed by atoms with Gasteiger partial charge in [-0.15, -0.1) is 0 Å². The second kappa shape index (κ2) is 12.3. The van der Waals surface area contributed by atoms with E-state index in [0.717, 1.165) is 29.6 Å². The summed E-state index contributed by atoms with van der Waals surface area (Å²) in [6, 6.07) is 0. The summed E-state index contributed by atoms with van der Waals surface area (Å²) in [6.45, 7) is 10.2. The Bertz CT molecular complexity index is 644. The van der Waals surface area contributed by atoms with Crippen molar-refractivity contribution in [2.75, 3.05) is 0 Å². The van der Waals surface area contributed by atoms with Crippen molar-refractivity contribution in [3.63, 3.8) is 0 Å². The van der Waals surface area contributed by atoms with Crippen molar-refractivity contribution >= 4 is 0 Å². The van der Waals surface area contributed by atoms with Gasteiger partial charge in [0.25, 0.3) is 0 Å². The lowest BCUT2D eigenvalue weighted by atomic mass is 9.47. The molecule has 3 saturated carbocycles. The molecule has 4 aliphatic rings. The zero-order valence-electron chi connectivity index (χ0n) is 23.8. The standard InChI is InChI=1S/C34H60/c1-5-6-7-8-9-10-11-12-13-14-15-16-17-28-19-21-31-30-20-18-29-26-27(2)22-24-34(29,4)32(30)23-25-33(28,31)3/h18,27-28,30-32H,5-17,19-26H2,1-4H3/t27?,28-,30?,31-,32-,33?,34-/m0/s1. The molecule has 3 fully saturated rings. The molecular weight excluding hydrogens is 408 g/mol. The fraction of sp³-hybridized carbons (Fsp3) is 0.941. The van der Waals surface area contributed by atoms with E-state index in [4.69, 9.17) is 0 Å². The summed E-state index contributed by atoms with van der Waals surface area (Å²) in [5, 5.41) is 0. The van der Waals surface area contributed by atoms with E-state index in [1.54, 1.807) is 19.3 Å². The van der Waals surface area contributed by atoms with Crippen LogP contribution in [0.5, 0.6) is 0 Å². The van der Waals surface area contributed by atoms with Gasteiger partial charge in [-0.2, -0.15) is 0 Å². The first-order valence-electron chi connectivity index (χ1n) is 16.2. The van der Waals surface area contributed by atoms with Gasteiger partial charge >= 0.3 is 0 Å². The summed E-state index contributed by atoms with van der Waals surface area (Å²) in [5.41, 5.74) is 3.11. The van der Waals surface area contributed by atoms with Crippen molar-refractivity contribution in [3.05, 3.63) is 11.6 Å². The first-order valence-corrected chi connectivity index (χ1v) is 16.2. The van der Waals surface area contributed by atoms with Crippen LogP contribution in [-0.2, 0) is 0 Å². The fourth-order valence-corrected chi connectivity index (χ4v) is 9.66. The Morgan fingerprint density at radius 1 is 0.735 bits per heavy atom. The van der Waals surface area contributed by atoms with Gasteiger partial charge in [-0.1, -0.05) is 116 Å². The molecule has 0 aromatic heterocycles. The van der Waals surface area contributed by atoms with Crippen LogP contribution in [0.2, 0.25) is 0 Å². The topological polar surface area (TPSA) is 0 Å². The largest absolute Gasteiger partial charge is 0.0845 e. The first kappa shape index (κ1) is 26.8. The molecule has 34 heavy (non-hydrogen) atoms. The van der Waals surface area contributed by atoms with Gasteiger partial charge in [0, 0.05) is 0 Å². The highest BCUT2D eigenvalue weighted by Gasteiger charge is 2.58. The highest BCUT2D eigenvalue weighted by molar-refractivity contribution is 5.25. The van der Waals surface area contributed by atoms with Gasteiger partial charge in [0.1, 0.15) is 0 Å². The molecule has 0 aliphatic heterocycles. The third kappa shape index (κ3) is 5.83. The molecule has 0 heteroatoms. The number of unbranched alkanes of at least 4 members (excludes halogenated alkanes) is 11. The van der Waals surface area contributed by atoms with Gasteiger partial charge in [-0.05, 0) is 98.2 Å². The van der Waals surface area contributed by atoms with E-state index in [2.05, 4.69) is 33.8 Å². The molecule has 0 radical (unpaired) electrons.